The Morgan fingerprint density at radius 1 is 0.604 bits per heavy atom. The van der Waals surface area contributed by atoms with Gasteiger partial charge in [-0.15, -0.1) is 0 Å². The van der Waals surface area contributed by atoms with Crippen molar-refractivity contribution in [1.29, 1.82) is 0 Å². The lowest BCUT2D eigenvalue weighted by atomic mass is 9.71. The number of halogens is 12. The van der Waals surface area contributed by atoms with Crippen LogP contribution in [0, 0.1) is 0 Å². The topological polar surface area (TPSA) is 3.24 Å². The van der Waals surface area contributed by atoms with Gasteiger partial charge in [0.1, 0.15) is 0 Å². The third-order valence-electron chi connectivity index (χ3n) is 8.69. The molecule has 0 spiro atoms. The number of para-hydroxylation sites is 1. The largest absolute Gasteiger partial charge is 0.418 e. The summed E-state index contributed by atoms with van der Waals surface area (Å²) < 4.78 is 177. The highest BCUT2D eigenvalue weighted by Gasteiger charge is 2.48. The second kappa shape index (κ2) is 14.2. The molecule has 13 heteroatoms. The van der Waals surface area contributed by atoms with E-state index in [1.165, 1.54) is 51.1 Å². The van der Waals surface area contributed by atoms with Crippen LogP contribution in [0.5, 0.6) is 0 Å². The van der Waals surface area contributed by atoms with Gasteiger partial charge < -0.3 is 4.90 Å². The molecule has 2 unspecified atom stereocenters. The van der Waals surface area contributed by atoms with E-state index in [-0.39, 0.29) is 55.6 Å². The minimum absolute atomic E-state index is 0.0174. The average Bonchev–Trinajstić information content (AvgIpc) is 2.98. The first-order valence-corrected chi connectivity index (χ1v) is 15.5. The smallest absolute Gasteiger partial charge is 0.338 e. The van der Waals surface area contributed by atoms with Gasteiger partial charge in [-0.05, 0) is 84.7 Å². The molecule has 0 N–H and O–H groups in total. The molecule has 1 nitrogen and oxygen atoms in total. The van der Waals surface area contributed by atoms with Crippen molar-refractivity contribution >= 4 is 11.4 Å². The number of rotatable bonds is 11. The van der Waals surface area contributed by atoms with Crippen LogP contribution in [-0.2, 0) is 30.1 Å². The number of alkyl halides is 12. The van der Waals surface area contributed by atoms with Gasteiger partial charge in [0.15, 0.2) is 0 Å². The van der Waals surface area contributed by atoms with E-state index in [4.69, 9.17) is 0 Å². The lowest BCUT2D eigenvalue weighted by Gasteiger charge is -2.36. The van der Waals surface area contributed by atoms with Gasteiger partial charge in [0.05, 0.1) is 27.9 Å². The van der Waals surface area contributed by atoms with Crippen LogP contribution in [0.4, 0.5) is 64.1 Å². The van der Waals surface area contributed by atoms with Crippen molar-refractivity contribution in [2.24, 2.45) is 0 Å². The van der Waals surface area contributed by atoms with Crippen molar-refractivity contribution < 1.29 is 52.7 Å². The lowest BCUT2D eigenvalue weighted by Crippen LogP contribution is -2.32. The summed E-state index contributed by atoms with van der Waals surface area (Å²) in [6.07, 6.45) is -20.8. The van der Waals surface area contributed by atoms with Gasteiger partial charge in [0.2, 0.25) is 0 Å². The molecular weight excluding hydrogens is 662 g/mol. The Hall–Kier alpha value is -3.38. The molecule has 0 bridgehead atoms. The number of benzene rings is 3. The second-order valence-electron chi connectivity index (χ2n) is 12.2. The second-order valence-corrected chi connectivity index (χ2v) is 12.2. The molecule has 0 amide bonds. The van der Waals surface area contributed by atoms with Gasteiger partial charge in [0.25, 0.3) is 0 Å². The Morgan fingerprint density at radius 2 is 1.02 bits per heavy atom. The van der Waals surface area contributed by atoms with E-state index in [0.717, 1.165) is 4.90 Å². The maximum absolute atomic E-state index is 14.8. The third-order valence-corrected chi connectivity index (χ3v) is 8.69. The normalized spacial score (nSPS) is 14.9. The molecule has 0 heterocycles. The van der Waals surface area contributed by atoms with E-state index in [1.807, 2.05) is 0 Å². The van der Waals surface area contributed by atoms with Crippen molar-refractivity contribution in [1.82, 2.24) is 0 Å². The maximum Gasteiger partial charge on any atom is 0.418 e. The first-order chi connectivity index (χ1) is 22.0. The quantitative estimate of drug-likeness (QED) is 0.180. The first kappa shape index (κ1) is 39.1. The molecule has 266 valence electrons. The Kier molecular flexibility index (Phi) is 11.6. The molecule has 0 saturated carbocycles. The minimum Gasteiger partial charge on any atom is -0.338 e. The van der Waals surface area contributed by atoms with Crippen molar-refractivity contribution in [3.63, 3.8) is 0 Å². The molecule has 0 radical (unpaired) electrons. The van der Waals surface area contributed by atoms with E-state index in [0.29, 0.717) is 12.8 Å². The molecule has 0 saturated heterocycles. The van der Waals surface area contributed by atoms with Crippen molar-refractivity contribution in [3.05, 3.63) is 82.4 Å². The summed E-state index contributed by atoms with van der Waals surface area (Å²) >= 11 is 0. The van der Waals surface area contributed by atoms with E-state index >= 15 is 0 Å². The van der Waals surface area contributed by atoms with Crippen LogP contribution in [-0.4, -0.2) is 6.04 Å². The molecule has 0 aliphatic heterocycles. The molecule has 0 aliphatic rings. The fourth-order valence-electron chi connectivity index (χ4n) is 6.18. The standard InChI is InChI=1S/C35H37F12N/c1-6-9-16-31(5,8-3)29-25(32(36,37)38)17-22(18-26(29)33(39,40)41)23-19-27(34(42,43)44)30(28(20-23)35(45,46)47)48(21(4)13-7-2)24-14-11-10-12-15-24/h10-12,14-15,17-21H,6-9,13,16H2,1-5H3. The average molecular weight is 700 g/mol. The third kappa shape index (κ3) is 8.42. The Labute approximate surface area is 271 Å². The molecule has 0 fully saturated rings. The van der Waals surface area contributed by atoms with Crippen molar-refractivity contribution in [2.75, 3.05) is 4.90 Å². The summed E-state index contributed by atoms with van der Waals surface area (Å²) in [5.74, 6) is 0. The van der Waals surface area contributed by atoms with Crippen LogP contribution >= 0.6 is 0 Å². The highest BCUT2D eigenvalue weighted by molar-refractivity contribution is 5.79. The van der Waals surface area contributed by atoms with E-state index in [2.05, 4.69) is 0 Å². The summed E-state index contributed by atoms with van der Waals surface area (Å²) in [6.45, 7) is 7.49. The zero-order valence-corrected chi connectivity index (χ0v) is 27.0. The number of nitrogens with zero attached hydrogens (tertiary/aromatic N) is 1. The van der Waals surface area contributed by atoms with Gasteiger partial charge in [-0.25, -0.2) is 0 Å². The molecule has 3 aromatic rings. The summed E-state index contributed by atoms with van der Waals surface area (Å²) in [5.41, 5.74) is -13.5. The van der Waals surface area contributed by atoms with E-state index in [9.17, 15) is 52.7 Å². The summed E-state index contributed by atoms with van der Waals surface area (Å²) in [4.78, 5) is 0.866. The highest BCUT2D eigenvalue weighted by Crippen LogP contribution is 2.52. The first-order valence-electron chi connectivity index (χ1n) is 15.5. The molecule has 3 rings (SSSR count). The fraction of sp³-hybridized carbons (Fsp3) is 0.486. The Bertz CT molecular complexity index is 1460. The molecule has 48 heavy (non-hydrogen) atoms. The minimum atomic E-state index is -5.50. The van der Waals surface area contributed by atoms with Crippen molar-refractivity contribution in [3.8, 4) is 11.1 Å². The number of hydrogen-bond donors (Lipinski definition) is 0. The summed E-state index contributed by atoms with van der Waals surface area (Å²) in [5, 5.41) is 0. The predicted octanol–water partition coefficient (Wildman–Crippen LogP) is 13.6. The fourth-order valence-corrected chi connectivity index (χ4v) is 6.18. The number of hydrogen-bond acceptors (Lipinski definition) is 1. The monoisotopic (exact) mass is 699 g/mol. The van der Waals surface area contributed by atoms with E-state index < -0.39 is 80.8 Å². The van der Waals surface area contributed by atoms with Crippen LogP contribution in [0.3, 0.4) is 0 Å². The van der Waals surface area contributed by atoms with Crippen LogP contribution in [0.2, 0.25) is 0 Å². The van der Waals surface area contributed by atoms with Gasteiger partial charge >= 0.3 is 24.7 Å². The van der Waals surface area contributed by atoms with Crippen LogP contribution in [0.1, 0.15) is 101 Å². The SMILES string of the molecule is CCCCC(C)(CC)c1c(C(F)(F)F)cc(-c2cc(C(F)(F)F)c(N(c3ccccc3)C(C)CCC)c(C(F)(F)F)c2)cc1C(F)(F)F. The van der Waals surface area contributed by atoms with Gasteiger partial charge in [-0.1, -0.05) is 65.2 Å². The highest BCUT2D eigenvalue weighted by atomic mass is 19.4. The molecule has 3 aromatic carbocycles. The van der Waals surface area contributed by atoms with Crippen LogP contribution < -0.4 is 4.90 Å². The number of anilines is 2. The predicted molar refractivity (Wildman–Crippen MR) is 162 cm³/mol. The maximum atomic E-state index is 14.8. The molecular formula is C35H37F12N. The van der Waals surface area contributed by atoms with Crippen molar-refractivity contribution in [2.45, 2.75) is 109 Å². The lowest BCUT2D eigenvalue weighted by molar-refractivity contribution is -0.146. The van der Waals surface area contributed by atoms with Crippen LogP contribution in [0.15, 0.2) is 54.6 Å². The summed E-state index contributed by atoms with van der Waals surface area (Å²) in [6, 6.07) is 6.90. The Morgan fingerprint density at radius 3 is 1.38 bits per heavy atom. The zero-order valence-electron chi connectivity index (χ0n) is 27.0. The summed E-state index contributed by atoms with van der Waals surface area (Å²) in [7, 11) is 0. The number of unbranched alkanes of at least 4 members (excludes halogenated alkanes) is 1. The van der Waals surface area contributed by atoms with Gasteiger partial charge in [-0.2, -0.15) is 52.7 Å². The Balaban J connectivity index is 2.58. The zero-order chi connectivity index (χ0) is 36.5. The van der Waals surface area contributed by atoms with Gasteiger partial charge in [0, 0.05) is 11.7 Å². The molecule has 2 atom stereocenters. The van der Waals surface area contributed by atoms with Crippen LogP contribution in [0.25, 0.3) is 11.1 Å². The van der Waals surface area contributed by atoms with E-state index in [1.54, 1.807) is 13.8 Å². The molecule has 0 aliphatic carbocycles. The van der Waals surface area contributed by atoms with Gasteiger partial charge in [-0.3, -0.25) is 0 Å². The molecule has 0 aromatic heterocycles.